The van der Waals surface area contributed by atoms with Crippen LogP contribution in [0.15, 0.2) is 48.5 Å². The smallest absolute Gasteiger partial charge is 0.255 e. The third-order valence-corrected chi connectivity index (χ3v) is 3.90. The maximum Gasteiger partial charge on any atom is 0.255 e. The van der Waals surface area contributed by atoms with Gasteiger partial charge < -0.3 is 10.2 Å². The Bertz CT molecular complexity index is 623. The molecule has 0 bridgehead atoms. The van der Waals surface area contributed by atoms with E-state index in [1.165, 1.54) is 5.56 Å². The Morgan fingerprint density at radius 1 is 1.09 bits per heavy atom. The molecule has 116 valence electrons. The Morgan fingerprint density at radius 3 is 2.41 bits per heavy atom. The number of hydrogen-bond donors (Lipinski definition) is 1. The minimum atomic E-state index is -0.0677. The van der Waals surface area contributed by atoms with Crippen LogP contribution in [-0.4, -0.2) is 31.2 Å². The summed E-state index contributed by atoms with van der Waals surface area (Å²) in [5.41, 5.74) is 3.90. The van der Waals surface area contributed by atoms with Crippen molar-refractivity contribution in [3.8, 4) is 0 Å². The van der Waals surface area contributed by atoms with E-state index < -0.39 is 0 Å². The molecule has 0 heterocycles. The minimum absolute atomic E-state index is 0.0677. The molecule has 1 amide bonds. The van der Waals surface area contributed by atoms with Gasteiger partial charge in [-0.1, -0.05) is 30.3 Å². The maximum absolute atomic E-state index is 12.4. The van der Waals surface area contributed by atoms with Crippen molar-refractivity contribution >= 4 is 23.4 Å². The van der Waals surface area contributed by atoms with Gasteiger partial charge in [-0.15, -0.1) is 0 Å². The van der Waals surface area contributed by atoms with Crippen LogP contribution >= 0.6 is 11.8 Å². The number of benzene rings is 2. The van der Waals surface area contributed by atoms with Crippen molar-refractivity contribution in [1.82, 2.24) is 4.90 Å². The van der Waals surface area contributed by atoms with Gasteiger partial charge in [-0.05, 0) is 49.7 Å². The van der Waals surface area contributed by atoms with Gasteiger partial charge in [0.2, 0.25) is 0 Å². The summed E-state index contributed by atoms with van der Waals surface area (Å²) in [6.45, 7) is 0.795. The summed E-state index contributed by atoms with van der Waals surface area (Å²) >= 11 is 1.77. The predicted molar refractivity (Wildman–Crippen MR) is 95.4 cm³/mol. The fraction of sp³-hybridized carbons (Fsp3) is 0.278. The van der Waals surface area contributed by atoms with E-state index in [0.29, 0.717) is 5.56 Å². The molecule has 0 radical (unpaired) electrons. The first-order valence-corrected chi connectivity index (χ1v) is 8.61. The van der Waals surface area contributed by atoms with Gasteiger partial charge in [-0.3, -0.25) is 4.79 Å². The highest BCUT2D eigenvalue weighted by atomic mass is 32.2. The standard InChI is InChI=1S/C18H22N2OS/c1-20(2)12-16-6-4-5-7-17(16)19-18(21)15-10-8-14(9-11-15)13-22-3/h4-11H,12-13H2,1-3H3,(H,19,21). The van der Waals surface area contributed by atoms with Crippen molar-refractivity contribution < 1.29 is 4.79 Å². The number of anilines is 1. The van der Waals surface area contributed by atoms with Gasteiger partial charge in [0.25, 0.3) is 5.91 Å². The van der Waals surface area contributed by atoms with Gasteiger partial charge >= 0.3 is 0 Å². The molecule has 0 aliphatic rings. The molecule has 0 fully saturated rings. The highest BCUT2D eigenvalue weighted by Gasteiger charge is 2.09. The normalized spacial score (nSPS) is 10.7. The average Bonchev–Trinajstić information content (AvgIpc) is 2.50. The molecule has 2 aromatic carbocycles. The maximum atomic E-state index is 12.4. The lowest BCUT2D eigenvalue weighted by molar-refractivity contribution is 0.102. The number of carbonyl (C=O) groups excluding carboxylic acids is 1. The van der Waals surface area contributed by atoms with E-state index in [2.05, 4.69) is 16.5 Å². The average molecular weight is 314 g/mol. The second-order valence-corrected chi connectivity index (χ2v) is 6.35. The van der Waals surface area contributed by atoms with Crippen LogP contribution in [0.25, 0.3) is 0 Å². The van der Waals surface area contributed by atoms with E-state index in [1.54, 1.807) is 11.8 Å². The van der Waals surface area contributed by atoms with E-state index in [0.717, 1.165) is 23.5 Å². The topological polar surface area (TPSA) is 32.3 Å². The molecule has 0 saturated carbocycles. The summed E-state index contributed by atoms with van der Waals surface area (Å²) in [5.74, 6) is 0.898. The monoisotopic (exact) mass is 314 g/mol. The van der Waals surface area contributed by atoms with Crippen LogP contribution in [-0.2, 0) is 12.3 Å². The van der Waals surface area contributed by atoms with Gasteiger partial charge in [0.1, 0.15) is 0 Å². The summed E-state index contributed by atoms with van der Waals surface area (Å²) in [7, 11) is 4.03. The van der Waals surface area contributed by atoms with Gasteiger partial charge in [0, 0.05) is 23.5 Å². The first-order valence-electron chi connectivity index (χ1n) is 7.22. The number of thioether (sulfide) groups is 1. The zero-order chi connectivity index (χ0) is 15.9. The van der Waals surface area contributed by atoms with E-state index >= 15 is 0 Å². The Kier molecular flexibility index (Phi) is 6.04. The first kappa shape index (κ1) is 16.6. The van der Waals surface area contributed by atoms with Crippen molar-refractivity contribution in [1.29, 1.82) is 0 Å². The van der Waals surface area contributed by atoms with E-state index in [1.807, 2.05) is 62.6 Å². The molecule has 22 heavy (non-hydrogen) atoms. The lowest BCUT2D eigenvalue weighted by Gasteiger charge is -2.15. The molecule has 0 atom stereocenters. The highest BCUT2D eigenvalue weighted by molar-refractivity contribution is 7.97. The molecule has 0 saturated heterocycles. The van der Waals surface area contributed by atoms with Crippen LogP contribution in [0.5, 0.6) is 0 Å². The number of carbonyl (C=O) groups is 1. The van der Waals surface area contributed by atoms with Gasteiger partial charge in [0.15, 0.2) is 0 Å². The first-order chi connectivity index (χ1) is 10.6. The second kappa shape index (κ2) is 8.01. The third kappa shape index (κ3) is 4.61. The van der Waals surface area contributed by atoms with E-state index in [4.69, 9.17) is 0 Å². The molecule has 3 nitrogen and oxygen atoms in total. The Hall–Kier alpha value is -1.78. The Morgan fingerprint density at radius 2 is 1.77 bits per heavy atom. The van der Waals surface area contributed by atoms with Gasteiger partial charge in [-0.2, -0.15) is 11.8 Å². The summed E-state index contributed by atoms with van der Waals surface area (Å²) in [6, 6.07) is 15.7. The molecule has 4 heteroatoms. The van der Waals surface area contributed by atoms with Crippen LogP contribution < -0.4 is 5.32 Å². The molecule has 0 aromatic heterocycles. The minimum Gasteiger partial charge on any atom is -0.322 e. The largest absolute Gasteiger partial charge is 0.322 e. The zero-order valence-electron chi connectivity index (χ0n) is 13.3. The number of hydrogen-bond acceptors (Lipinski definition) is 3. The molecule has 0 aliphatic heterocycles. The summed E-state index contributed by atoms with van der Waals surface area (Å²) in [4.78, 5) is 14.5. The van der Waals surface area contributed by atoms with Crippen molar-refractivity contribution in [2.75, 3.05) is 25.7 Å². The number of nitrogens with zero attached hydrogens (tertiary/aromatic N) is 1. The molecule has 0 unspecified atom stereocenters. The van der Waals surface area contributed by atoms with Crippen LogP contribution in [0.1, 0.15) is 21.5 Å². The third-order valence-electron chi connectivity index (χ3n) is 3.28. The second-order valence-electron chi connectivity index (χ2n) is 5.48. The molecule has 1 N–H and O–H groups in total. The Labute approximate surface area is 136 Å². The lowest BCUT2D eigenvalue weighted by atomic mass is 10.1. The number of rotatable bonds is 6. The molecular weight excluding hydrogens is 292 g/mol. The zero-order valence-corrected chi connectivity index (χ0v) is 14.1. The van der Waals surface area contributed by atoms with Crippen molar-refractivity contribution in [2.45, 2.75) is 12.3 Å². The van der Waals surface area contributed by atoms with Gasteiger partial charge in [0.05, 0.1) is 0 Å². The van der Waals surface area contributed by atoms with Crippen molar-refractivity contribution in [3.05, 3.63) is 65.2 Å². The fourth-order valence-corrected chi connectivity index (χ4v) is 2.76. The summed E-state index contributed by atoms with van der Waals surface area (Å²) in [5, 5.41) is 3.01. The molecule has 0 spiro atoms. The summed E-state index contributed by atoms with van der Waals surface area (Å²) in [6.07, 6.45) is 2.07. The Balaban J connectivity index is 2.11. The van der Waals surface area contributed by atoms with Crippen LogP contribution in [0.4, 0.5) is 5.69 Å². The molecule has 0 aliphatic carbocycles. The van der Waals surface area contributed by atoms with Crippen molar-refractivity contribution in [3.63, 3.8) is 0 Å². The molecular formula is C18H22N2OS. The number of nitrogens with one attached hydrogen (secondary N) is 1. The lowest BCUT2D eigenvalue weighted by Crippen LogP contribution is -2.16. The van der Waals surface area contributed by atoms with Crippen LogP contribution in [0, 0.1) is 0 Å². The molecule has 2 rings (SSSR count). The number of amides is 1. The van der Waals surface area contributed by atoms with Crippen LogP contribution in [0.2, 0.25) is 0 Å². The van der Waals surface area contributed by atoms with E-state index in [-0.39, 0.29) is 5.91 Å². The fourth-order valence-electron chi connectivity index (χ4n) is 2.23. The quantitative estimate of drug-likeness (QED) is 0.878. The molecule has 2 aromatic rings. The highest BCUT2D eigenvalue weighted by Crippen LogP contribution is 2.18. The van der Waals surface area contributed by atoms with Crippen LogP contribution in [0.3, 0.4) is 0 Å². The predicted octanol–water partition coefficient (Wildman–Crippen LogP) is 3.86. The summed E-state index contributed by atoms with van der Waals surface area (Å²) < 4.78 is 0. The van der Waals surface area contributed by atoms with E-state index in [9.17, 15) is 4.79 Å². The van der Waals surface area contributed by atoms with Gasteiger partial charge in [-0.25, -0.2) is 0 Å². The SMILES string of the molecule is CSCc1ccc(C(=O)Nc2ccccc2CN(C)C)cc1. The number of para-hydroxylation sites is 1. The van der Waals surface area contributed by atoms with Crippen molar-refractivity contribution in [2.24, 2.45) is 0 Å².